The van der Waals surface area contributed by atoms with Gasteiger partial charge in [-0.1, -0.05) is 0 Å². The highest BCUT2D eigenvalue weighted by Gasteiger charge is 2.30. The number of aliphatic hydroxyl groups excluding tert-OH is 1. The Kier molecular flexibility index (Phi) is 3.68. The highest BCUT2D eigenvalue weighted by Crippen LogP contribution is 2.33. The van der Waals surface area contributed by atoms with Crippen molar-refractivity contribution in [3.05, 3.63) is 15.8 Å². The standard InChI is InChI=1S/C12H19N3O5/c1-9-11(15(17)18)12(20-6-2-5-16)13-14(9)10-3-7-19-8-4-10/h10,16H,2-8H2,1H3/i1D3. The summed E-state index contributed by atoms with van der Waals surface area (Å²) in [6.45, 7) is -1.92. The summed E-state index contributed by atoms with van der Waals surface area (Å²) in [4.78, 5) is 10.6. The molecule has 2 rings (SSSR count). The SMILES string of the molecule is [2H]C([2H])([2H])c1c([N+](=O)[O-])c(OCCCO)nn1C1CCOCC1. The zero-order valence-corrected chi connectivity index (χ0v) is 10.9. The Morgan fingerprint density at radius 1 is 1.65 bits per heavy atom. The molecule has 1 aromatic rings. The van der Waals surface area contributed by atoms with Crippen molar-refractivity contribution in [2.24, 2.45) is 0 Å². The van der Waals surface area contributed by atoms with Crippen LogP contribution in [0.4, 0.5) is 5.69 Å². The topological polar surface area (TPSA) is 99.7 Å². The zero-order chi connectivity index (χ0) is 17.0. The van der Waals surface area contributed by atoms with E-state index < -0.39 is 23.2 Å². The number of nitrogens with zero attached hydrogens (tertiary/aromatic N) is 3. The van der Waals surface area contributed by atoms with Crippen molar-refractivity contribution in [2.45, 2.75) is 32.2 Å². The molecule has 1 N–H and O–H groups in total. The Balaban J connectivity index is 2.46. The number of rotatable bonds is 6. The normalized spacial score (nSPS) is 19.1. The molecule has 0 amide bonds. The van der Waals surface area contributed by atoms with Crippen molar-refractivity contribution in [2.75, 3.05) is 26.4 Å². The van der Waals surface area contributed by atoms with E-state index in [2.05, 4.69) is 5.10 Å². The van der Waals surface area contributed by atoms with Crippen molar-refractivity contribution in [1.29, 1.82) is 0 Å². The van der Waals surface area contributed by atoms with E-state index in [1.807, 2.05) is 0 Å². The Labute approximate surface area is 120 Å². The molecule has 8 heteroatoms. The number of aromatic nitrogens is 2. The molecule has 0 saturated carbocycles. The van der Waals surface area contributed by atoms with Crippen LogP contribution in [0.3, 0.4) is 0 Å². The monoisotopic (exact) mass is 288 g/mol. The van der Waals surface area contributed by atoms with Crippen LogP contribution in [0.25, 0.3) is 0 Å². The molecule has 0 aromatic carbocycles. The first-order chi connectivity index (χ1) is 10.9. The predicted molar refractivity (Wildman–Crippen MR) is 69.9 cm³/mol. The summed E-state index contributed by atoms with van der Waals surface area (Å²) < 4.78 is 34.6. The van der Waals surface area contributed by atoms with Crippen LogP contribution in [0, 0.1) is 17.0 Å². The summed E-state index contributed by atoms with van der Waals surface area (Å²) in [5.74, 6) is -0.318. The van der Waals surface area contributed by atoms with Crippen LogP contribution >= 0.6 is 0 Å². The molecule has 0 atom stereocenters. The second-order valence-electron chi connectivity index (χ2n) is 4.47. The minimum absolute atomic E-state index is 0.0164. The number of hydrogen-bond acceptors (Lipinski definition) is 6. The minimum atomic E-state index is -2.69. The van der Waals surface area contributed by atoms with Gasteiger partial charge in [-0.15, -0.1) is 5.10 Å². The molecule has 0 aliphatic carbocycles. The van der Waals surface area contributed by atoms with Crippen molar-refractivity contribution in [3.8, 4) is 5.88 Å². The molecule has 112 valence electrons. The van der Waals surface area contributed by atoms with E-state index in [0.29, 0.717) is 26.1 Å². The molecular weight excluding hydrogens is 266 g/mol. The summed E-state index contributed by atoms with van der Waals surface area (Å²) in [5.41, 5.74) is -1.05. The molecule has 1 aliphatic heterocycles. The van der Waals surface area contributed by atoms with E-state index in [4.69, 9.17) is 18.7 Å². The fourth-order valence-electron chi connectivity index (χ4n) is 2.09. The van der Waals surface area contributed by atoms with Crippen LogP contribution in [-0.4, -0.2) is 46.2 Å². The molecule has 1 fully saturated rings. The smallest absolute Gasteiger partial charge is 0.352 e. The van der Waals surface area contributed by atoms with Gasteiger partial charge < -0.3 is 14.6 Å². The average molecular weight is 288 g/mol. The van der Waals surface area contributed by atoms with Crippen LogP contribution in [0.15, 0.2) is 0 Å². The maximum Gasteiger partial charge on any atom is 0.352 e. The highest BCUT2D eigenvalue weighted by molar-refractivity contribution is 5.45. The van der Waals surface area contributed by atoms with Crippen LogP contribution < -0.4 is 4.74 Å². The quantitative estimate of drug-likeness (QED) is 0.480. The molecule has 2 heterocycles. The lowest BCUT2D eigenvalue weighted by atomic mass is 10.1. The molecule has 1 aliphatic rings. The van der Waals surface area contributed by atoms with Gasteiger partial charge in [0.15, 0.2) is 0 Å². The fourth-order valence-corrected chi connectivity index (χ4v) is 2.09. The molecule has 0 bridgehead atoms. The molecule has 8 nitrogen and oxygen atoms in total. The Bertz CT molecular complexity index is 555. The van der Waals surface area contributed by atoms with Gasteiger partial charge in [0.2, 0.25) is 0 Å². The number of ether oxygens (including phenoxy) is 2. The van der Waals surface area contributed by atoms with Crippen LogP contribution in [0.1, 0.15) is 35.1 Å². The summed E-state index contributed by atoms with van der Waals surface area (Å²) in [7, 11) is 0. The van der Waals surface area contributed by atoms with Crippen molar-refractivity contribution < 1.29 is 23.6 Å². The van der Waals surface area contributed by atoms with Gasteiger partial charge in [-0.05, 0) is 19.7 Å². The minimum Gasteiger partial charge on any atom is -0.472 e. The van der Waals surface area contributed by atoms with E-state index in [1.165, 1.54) is 4.68 Å². The lowest BCUT2D eigenvalue weighted by molar-refractivity contribution is -0.386. The number of hydrogen-bond donors (Lipinski definition) is 1. The van der Waals surface area contributed by atoms with E-state index in [9.17, 15) is 10.1 Å². The van der Waals surface area contributed by atoms with E-state index in [-0.39, 0.29) is 31.6 Å². The largest absolute Gasteiger partial charge is 0.472 e. The van der Waals surface area contributed by atoms with E-state index in [0.717, 1.165) is 0 Å². The maximum absolute atomic E-state index is 11.4. The lowest BCUT2D eigenvalue weighted by Crippen LogP contribution is -2.21. The predicted octanol–water partition coefficient (Wildman–Crippen LogP) is 1.21. The highest BCUT2D eigenvalue weighted by atomic mass is 16.6. The van der Waals surface area contributed by atoms with Crippen LogP contribution in [-0.2, 0) is 4.74 Å². The van der Waals surface area contributed by atoms with Crippen LogP contribution in [0.5, 0.6) is 5.88 Å². The van der Waals surface area contributed by atoms with Gasteiger partial charge >= 0.3 is 11.6 Å². The van der Waals surface area contributed by atoms with Gasteiger partial charge in [0.25, 0.3) is 0 Å². The molecule has 0 spiro atoms. The van der Waals surface area contributed by atoms with Gasteiger partial charge in [-0.2, -0.15) is 0 Å². The third kappa shape index (κ3) is 3.07. The van der Waals surface area contributed by atoms with Gasteiger partial charge in [0, 0.05) is 30.4 Å². The molecule has 0 unspecified atom stereocenters. The van der Waals surface area contributed by atoms with Crippen LogP contribution in [0.2, 0.25) is 0 Å². The zero-order valence-electron chi connectivity index (χ0n) is 13.9. The molecule has 1 saturated heterocycles. The summed E-state index contributed by atoms with van der Waals surface area (Å²) >= 11 is 0. The van der Waals surface area contributed by atoms with E-state index in [1.54, 1.807) is 0 Å². The number of aliphatic hydroxyl groups is 1. The van der Waals surface area contributed by atoms with Gasteiger partial charge in [0.05, 0.1) is 17.6 Å². The lowest BCUT2D eigenvalue weighted by Gasteiger charge is -2.22. The summed E-state index contributed by atoms with van der Waals surface area (Å²) in [5, 5.41) is 24.2. The molecular formula is C12H19N3O5. The van der Waals surface area contributed by atoms with Gasteiger partial charge in [-0.3, -0.25) is 14.8 Å². The third-order valence-electron chi connectivity index (χ3n) is 3.12. The van der Waals surface area contributed by atoms with Crippen molar-refractivity contribution in [1.82, 2.24) is 9.78 Å². The van der Waals surface area contributed by atoms with E-state index >= 15 is 0 Å². The maximum atomic E-state index is 11.4. The Morgan fingerprint density at radius 2 is 2.40 bits per heavy atom. The molecule has 1 aromatic heterocycles. The first-order valence-corrected chi connectivity index (χ1v) is 6.45. The van der Waals surface area contributed by atoms with Gasteiger partial charge in [-0.25, -0.2) is 0 Å². The first-order valence-electron chi connectivity index (χ1n) is 7.95. The molecule has 20 heavy (non-hydrogen) atoms. The molecule has 0 radical (unpaired) electrons. The average Bonchev–Trinajstić information content (AvgIpc) is 2.88. The second kappa shape index (κ2) is 6.67. The second-order valence-corrected chi connectivity index (χ2v) is 4.47. The first kappa shape index (κ1) is 11.0. The number of nitro groups is 1. The summed E-state index contributed by atoms with van der Waals surface area (Å²) in [6, 6.07) is -0.284. The van der Waals surface area contributed by atoms with Crippen molar-refractivity contribution >= 4 is 5.69 Å². The van der Waals surface area contributed by atoms with Gasteiger partial charge in [0.1, 0.15) is 5.69 Å². The Hall–Kier alpha value is -1.67. The van der Waals surface area contributed by atoms with Crippen molar-refractivity contribution in [3.63, 3.8) is 0 Å². The summed E-state index contributed by atoms with van der Waals surface area (Å²) in [6.07, 6.45) is 1.32. The Morgan fingerprint density at radius 3 is 3.00 bits per heavy atom. The fraction of sp³-hybridized carbons (Fsp3) is 0.750. The third-order valence-corrected chi connectivity index (χ3v) is 3.12.